The first-order valence-electron chi connectivity index (χ1n) is 8.04. The number of sulfone groups is 1. The zero-order valence-electron chi connectivity index (χ0n) is 13.1. The summed E-state index contributed by atoms with van der Waals surface area (Å²) in [5.74, 6) is 0.673. The molecule has 0 aromatic rings. The lowest BCUT2D eigenvalue weighted by atomic mass is 9.96. The van der Waals surface area contributed by atoms with Gasteiger partial charge in [0.15, 0.2) is 9.84 Å². The van der Waals surface area contributed by atoms with Crippen molar-refractivity contribution in [2.24, 2.45) is 5.92 Å². The van der Waals surface area contributed by atoms with E-state index in [-0.39, 0.29) is 11.3 Å². The predicted octanol–water partition coefficient (Wildman–Crippen LogP) is 1.66. The Morgan fingerprint density at radius 2 is 1.95 bits per heavy atom. The second kappa shape index (κ2) is 6.75. The third-order valence-electron chi connectivity index (χ3n) is 4.80. The van der Waals surface area contributed by atoms with Crippen LogP contribution in [0, 0.1) is 5.92 Å². The lowest BCUT2D eigenvalue weighted by Gasteiger charge is -2.39. The van der Waals surface area contributed by atoms with Crippen molar-refractivity contribution in [2.75, 3.05) is 25.9 Å². The van der Waals surface area contributed by atoms with Crippen LogP contribution in [0.5, 0.6) is 0 Å². The highest BCUT2D eigenvalue weighted by Crippen LogP contribution is 2.32. The Hall–Kier alpha value is -0.130. The first-order chi connectivity index (χ1) is 9.38. The molecule has 0 spiro atoms. The Kier molecular flexibility index (Phi) is 5.49. The number of rotatable bonds is 5. The molecular weight excluding hydrogens is 272 g/mol. The smallest absolute Gasteiger partial charge is 0.151 e. The number of nitrogens with zero attached hydrogens (tertiary/aromatic N) is 1. The summed E-state index contributed by atoms with van der Waals surface area (Å²) in [7, 11) is -2.90. The number of likely N-dealkylation sites (tertiary alicyclic amines) is 1. The number of nitrogens with one attached hydrogen (secondary N) is 1. The van der Waals surface area contributed by atoms with E-state index in [0.29, 0.717) is 12.0 Å². The van der Waals surface area contributed by atoms with Gasteiger partial charge in [-0.15, -0.1) is 0 Å². The van der Waals surface area contributed by atoms with E-state index >= 15 is 0 Å². The molecule has 20 heavy (non-hydrogen) atoms. The zero-order valence-corrected chi connectivity index (χ0v) is 14.0. The highest BCUT2D eigenvalue weighted by molar-refractivity contribution is 7.91. The third-order valence-corrected chi connectivity index (χ3v) is 6.45. The molecule has 3 atom stereocenters. The Morgan fingerprint density at radius 1 is 1.20 bits per heavy atom. The molecule has 1 saturated carbocycles. The molecule has 1 aliphatic carbocycles. The second-order valence-corrected chi connectivity index (χ2v) is 9.20. The molecule has 1 aliphatic heterocycles. The van der Waals surface area contributed by atoms with E-state index in [0.717, 1.165) is 38.9 Å². The van der Waals surface area contributed by atoms with Crippen LogP contribution in [0.2, 0.25) is 0 Å². The third kappa shape index (κ3) is 4.18. The average molecular weight is 302 g/mol. The molecule has 2 fully saturated rings. The lowest BCUT2D eigenvalue weighted by Crippen LogP contribution is -2.49. The zero-order chi connectivity index (χ0) is 14.8. The molecule has 1 heterocycles. The van der Waals surface area contributed by atoms with E-state index in [1.807, 2.05) is 0 Å². The molecule has 2 aliphatic rings. The Balaban J connectivity index is 1.94. The van der Waals surface area contributed by atoms with Gasteiger partial charge in [-0.25, -0.2) is 8.42 Å². The van der Waals surface area contributed by atoms with Gasteiger partial charge in [0.2, 0.25) is 0 Å². The van der Waals surface area contributed by atoms with Crippen LogP contribution in [-0.2, 0) is 9.84 Å². The summed E-state index contributed by atoms with van der Waals surface area (Å²) in [5.41, 5.74) is 0. The fourth-order valence-corrected chi connectivity index (χ4v) is 5.26. The molecule has 1 N–H and O–H groups in total. The van der Waals surface area contributed by atoms with Gasteiger partial charge in [0.05, 0.1) is 5.25 Å². The maximum atomic E-state index is 11.9. The van der Waals surface area contributed by atoms with Gasteiger partial charge in [-0.1, -0.05) is 20.3 Å². The molecule has 3 unspecified atom stereocenters. The summed E-state index contributed by atoms with van der Waals surface area (Å²) < 4.78 is 23.9. The number of hydrogen-bond donors (Lipinski definition) is 1. The standard InChI is InChI=1S/C15H30N2O2S/c1-12(2)16-10-13-6-5-9-17(11-13)14-7-4-8-15(14)20(3,18)19/h12-16H,4-11H2,1-3H3. The quantitative estimate of drug-likeness (QED) is 0.839. The molecular formula is C15H30N2O2S. The Labute approximate surface area is 124 Å². The molecule has 0 amide bonds. The molecule has 0 aromatic heterocycles. The van der Waals surface area contributed by atoms with Crippen LogP contribution >= 0.6 is 0 Å². The van der Waals surface area contributed by atoms with Crippen LogP contribution in [0.25, 0.3) is 0 Å². The fourth-order valence-electron chi connectivity index (χ4n) is 3.79. The van der Waals surface area contributed by atoms with E-state index in [4.69, 9.17) is 0 Å². The topological polar surface area (TPSA) is 49.4 Å². The summed E-state index contributed by atoms with van der Waals surface area (Å²) in [6, 6.07) is 0.799. The van der Waals surface area contributed by atoms with E-state index in [2.05, 4.69) is 24.1 Å². The van der Waals surface area contributed by atoms with Crippen molar-refractivity contribution in [2.45, 2.75) is 63.3 Å². The molecule has 2 rings (SSSR count). The minimum atomic E-state index is -2.90. The summed E-state index contributed by atoms with van der Waals surface area (Å²) in [6.45, 7) is 7.56. The van der Waals surface area contributed by atoms with Crippen LogP contribution in [0.1, 0.15) is 46.0 Å². The van der Waals surface area contributed by atoms with Crippen molar-refractivity contribution >= 4 is 9.84 Å². The molecule has 0 aromatic carbocycles. The summed E-state index contributed by atoms with van der Waals surface area (Å²) in [6.07, 6.45) is 6.87. The first-order valence-corrected chi connectivity index (χ1v) is 9.99. The normalized spacial score (nSPS) is 32.9. The van der Waals surface area contributed by atoms with E-state index < -0.39 is 9.84 Å². The van der Waals surface area contributed by atoms with Crippen molar-refractivity contribution in [3.8, 4) is 0 Å². The predicted molar refractivity (Wildman–Crippen MR) is 83.7 cm³/mol. The maximum Gasteiger partial charge on any atom is 0.151 e. The first kappa shape index (κ1) is 16.2. The van der Waals surface area contributed by atoms with Gasteiger partial charge >= 0.3 is 0 Å². The number of hydrogen-bond acceptors (Lipinski definition) is 4. The van der Waals surface area contributed by atoms with Crippen molar-refractivity contribution in [1.29, 1.82) is 0 Å². The van der Waals surface area contributed by atoms with Gasteiger partial charge in [-0.2, -0.15) is 0 Å². The van der Waals surface area contributed by atoms with E-state index in [9.17, 15) is 8.42 Å². The van der Waals surface area contributed by atoms with Gasteiger partial charge in [0, 0.05) is 24.9 Å². The van der Waals surface area contributed by atoms with Crippen molar-refractivity contribution in [1.82, 2.24) is 10.2 Å². The summed E-state index contributed by atoms with van der Waals surface area (Å²) >= 11 is 0. The minimum Gasteiger partial charge on any atom is -0.314 e. The van der Waals surface area contributed by atoms with E-state index in [1.165, 1.54) is 19.1 Å². The lowest BCUT2D eigenvalue weighted by molar-refractivity contribution is 0.124. The highest BCUT2D eigenvalue weighted by atomic mass is 32.2. The maximum absolute atomic E-state index is 11.9. The van der Waals surface area contributed by atoms with Gasteiger partial charge in [-0.05, 0) is 44.7 Å². The van der Waals surface area contributed by atoms with Crippen LogP contribution in [0.3, 0.4) is 0 Å². The number of piperidine rings is 1. The Bertz CT molecular complexity index is 408. The Morgan fingerprint density at radius 3 is 2.60 bits per heavy atom. The summed E-state index contributed by atoms with van der Waals surface area (Å²) in [4.78, 5) is 2.47. The van der Waals surface area contributed by atoms with Gasteiger partial charge in [0.1, 0.15) is 0 Å². The van der Waals surface area contributed by atoms with Crippen LogP contribution < -0.4 is 5.32 Å². The van der Waals surface area contributed by atoms with Gasteiger partial charge in [0.25, 0.3) is 0 Å². The molecule has 118 valence electrons. The second-order valence-electron chi connectivity index (χ2n) is 6.93. The molecule has 4 nitrogen and oxygen atoms in total. The van der Waals surface area contributed by atoms with Crippen LogP contribution in [0.15, 0.2) is 0 Å². The minimum absolute atomic E-state index is 0.126. The molecule has 0 bridgehead atoms. The highest BCUT2D eigenvalue weighted by Gasteiger charge is 2.39. The van der Waals surface area contributed by atoms with Gasteiger partial charge in [-0.3, -0.25) is 4.90 Å². The van der Waals surface area contributed by atoms with Crippen molar-refractivity contribution in [3.05, 3.63) is 0 Å². The molecule has 1 saturated heterocycles. The molecule has 5 heteroatoms. The van der Waals surface area contributed by atoms with Crippen molar-refractivity contribution < 1.29 is 8.42 Å². The van der Waals surface area contributed by atoms with E-state index in [1.54, 1.807) is 0 Å². The largest absolute Gasteiger partial charge is 0.314 e. The monoisotopic (exact) mass is 302 g/mol. The fraction of sp³-hybridized carbons (Fsp3) is 1.00. The summed E-state index contributed by atoms with van der Waals surface area (Å²) in [5, 5.41) is 3.40. The van der Waals surface area contributed by atoms with Crippen molar-refractivity contribution in [3.63, 3.8) is 0 Å². The van der Waals surface area contributed by atoms with Crippen LogP contribution in [0.4, 0.5) is 0 Å². The average Bonchev–Trinajstić information content (AvgIpc) is 2.86. The SMILES string of the molecule is CC(C)NCC1CCCN(C2CCCC2S(C)(=O)=O)C1. The van der Waals surface area contributed by atoms with Crippen LogP contribution in [-0.4, -0.2) is 56.5 Å². The van der Waals surface area contributed by atoms with Gasteiger partial charge < -0.3 is 5.32 Å². The molecule has 0 radical (unpaired) electrons.